The Morgan fingerprint density at radius 1 is 0.828 bits per heavy atom. The topological polar surface area (TPSA) is 51.0 Å². The first-order valence-corrected chi connectivity index (χ1v) is 10.1. The van der Waals surface area contributed by atoms with Gasteiger partial charge in [0.15, 0.2) is 0 Å². The molecule has 146 valence electrons. The number of hydrogen-bond acceptors (Lipinski definition) is 4. The zero-order valence-electron chi connectivity index (χ0n) is 15.6. The molecule has 0 fully saturated rings. The first kappa shape index (κ1) is 19.6. The van der Waals surface area contributed by atoms with Gasteiger partial charge in [0.25, 0.3) is 0 Å². The van der Waals surface area contributed by atoms with Crippen molar-refractivity contribution >= 4 is 23.2 Å². The minimum atomic E-state index is -0.258. The summed E-state index contributed by atoms with van der Waals surface area (Å²) in [5.41, 5.74) is 3.05. The van der Waals surface area contributed by atoms with E-state index in [0.717, 1.165) is 29.1 Å². The number of rotatable bonds is 7. The summed E-state index contributed by atoms with van der Waals surface area (Å²) in [5, 5.41) is 13.4. The molecule has 0 saturated heterocycles. The van der Waals surface area contributed by atoms with Gasteiger partial charge in [-0.05, 0) is 53.9 Å². The molecule has 0 bridgehead atoms. The van der Waals surface area contributed by atoms with E-state index in [-0.39, 0.29) is 6.04 Å². The predicted octanol–water partition coefficient (Wildman–Crippen LogP) is 5.97. The highest BCUT2D eigenvalue weighted by Gasteiger charge is 2.21. The molecule has 0 aliphatic carbocycles. The highest BCUT2D eigenvalue weighted by atomic mass is 35.5. The minimum absolute atomic E-state index is 0.258. The second-order valence-corrected chi connectivity index (χ2v) is 7.50. The fourth-order valence-electron chi connectivity index (χ4n) is 3.09. The van der Waals surface area contributed by atoms with Gasteiger partial charge in [-0.25, -0.2) is 0 Å². The van der Waals surface area contributed by atoms with Crippen LogP contribution in [0.25, 0.3) is 11.5 Å². The van der Waals surface area contributed by atoms with Gasteiger partial charge in [0.2, 0.25) is 11.8 Å². The lowest BCUT2D eigenvalue weighted by molar-refractivity contribution is 0.440. The molecule has 1 heterocycles. The van der Waals surface area contributed by atoms with Crippen molar-refractivity contribution in [1.29, 1.82) is 0 Å². The summed E-state index contributed by atoms with van der Waals surface area (Å²) >= 11 is 12.2. The summed E-state index contributed by atoms with van der Waals surface area (Å²) in [6.45, 7) is 0.724. The number of benzene rings is 3. The van der Waals surface area contributed by atoms with Gasteiger partial charge in [0, 0.05) is 22.2 Å². The Bertz CT molecular complexity index is 1060. The standard InChI is InChI=1S/C23H19Cl2N3O/c24-19-11-9-16(10-12-19)13-14-26-21(18-7-4-8-20(25)15-18)23-28-27-22(29-23)17-5-2-1-3-6-17/h1-12,15,21,26H,13-14H2/t21-/m1/s1. The molecule has 4 nitrogen and oxygen atoms in total. The highest BCUT2D eigenvalue weighted by Crippen LogP contribution is 2.26. The van der Waals surface area contributed by atoms with Gasteiger partial charge in [-0.2, -0.15) is 0 Å². The van der Waals surface area contributed by atoms with E-state index in [4.69, 9.17) is 27.6 Å². The molecule has 0 aliphatic rings. The molecule has 0 aliphatic heterocycles. The van der Waals surface area contributed by atoms with Crippen LogP contribution in [0.4, 0.5) is 0 Å². The quantitative estimate of drug-likeness (QED) is 0.398. The minimum Gasteiger partial charge on any atom is -0.419 e. The molecular formula is C23H19Cl2N3O. The smallest absolute Gasteiger partial charge is 0.247 e. The zero-order valence-corrected chi connectivity index (χ0v) is 17.1. The molecule has 6 heteroatoms. The van der Waals surface area contributed by atoms with Crippen molar-refractivity contribution in [3.8, 4) is 11.5 Å². The van der Waals surface area contributed by atoms with E-state index >= 15 is 0 Å². The van der Waals surface area contributed by atoms with Gasteiger partial charge in [-0.1, -0.05) is 65.7 Å². The van der Waals surface area contributed by atoms with E-state index in [1.165, 1.54) is 5.56 Å². The number of halogens is 2. The van der Waals surface area contributed by atoms with Crippen LogP contribution in [0.15, 0.2) is 83.3 Å². The van der Waals surface area contributed by atoms with Crippen molar-refractivity contribution in [2.45, 2.75) is 12.5 Å². The lowest BCUT2D eigenvalue weighted by Crippen LogP contribution is -2.25. The van der Waals surface area contributed by atoms with E-state index in [9.17, 15) is 0 Å². The first-order chi connectivity index (χ1) is 14.2. The lowest BCUT2D eigenvalue weighted by atomic mass is 10.1. The summed E-state index contributed by atoms with van der Waals surface area (Å²) in [6, 6.07) is 25.0. The van der Waals surface area contributed by atoms with Gasteiger partial charge in [-0.3, -0.25) is 0 Å². The van der Waals surface area contributed by atoms with E-state index in [0.29, 0.717) is 16.8 Å². The Morgan fingerprint density at radius 2 is 1.62 bits per heavy atom. The molecule has 3 aromatic carbocycles. The summed E-state index contributed by atoms with van der Waals surface area (Å²) in [4.78, 5) is 0. The van der Waals surface area contributed by atoms with Crippen molar-refractivity contribution in [3.05, 3.63) is 106 Å². The lowest BCUT2D eigenvalue weighted by Gasteiger charge is -2.16. The number of nitrogens with one attached hydrogen (secondary N) is 1. The Kier molecular flexibility index (Phi) is 6.25. The second-order valence-electron chi connectivity index (χ2n) is 6.63. The third-order valence-electron chi connectivity index (χ3n) is 4.57. The van der Waals surface area contributed by atoms with E-state index < -0.39 is 0 Å². The van der Waals surface area contributed by atoms with Crippen molar-refractivity contribution in [2.24, 2.45) is 0 Å². The average Bonchev–Trinajstić information content (AvgIpc) is 3.23. The van der Waals surface area contributed by atoms with Gasteiger partial charge >= 0.3 is 0 Å². The molecule has 1 atom stereocenters. The number of nitrogens with zero attached hydrogens (tertiary/aromatic N) is 2. The van der Waals surface area contributed by atoms with Crippen LogP contribution in [0, 0.1) is 0 Å². The third-order valence-corrected chi connectivity index (χ3v) is 5.05. The maximum absolute atomic E-state index is 6.22. The maximum Gasteiger partial charge on any atom is 0.247 e. The maximum atomic E-state index is 6.22. The first-order valence-electron chi connectivity index (χ1n) is 9.31. The Hall–Kier alpha value is -2.66. The highest BCUT2D eigenvalue weighted by molar-refractivity contribution is 6.30. The summed E-state index contributed by atoms with van der Waals surface area (Å²) < 4.78 is 6.00. The van der Waals surface area contributed by atoms with Crippen LogP contribution >= 0.6 is 23.2 Å². The number of hydrogen-bond donors (Lipinski definition) is 1. The summed E-state index contributed by atoms with van der Waals surface area (Å²) in [5.74, 6) is 0.995. The van der Waals surface area contributed by atoms with Gasteiger partial charge in [-0.15, -0.1) is 10.2 Å². The second kappa shape index (κ2) is 9.23. The van der Waals surface area contributed by atoms with Crippen LogP contribution in [0.1, 0.15) is 23.1 Å². The molecule has 1 N–H and O–H groups in total. The molecule has 4 rings (SSSR count). The molecule has 29 heavy (non-hydrogen) atoms. The molecule has 1 aromatic heterocycles. The van der Waals surface area contributed by atoms with Gasteiger partial charge in [0.1, 0.15) is 6.04 Å². The van der Waals surface area contributed by atoms with Crippen LogP contribution in [0.5, 0.6) is 0 Å². The van der Waals surface area contributed by atoms with Crippen molar-refractivity contribution in [3.63, 3.8) is 0 Å². The van der Waals surface area contributed by atoms with E-state index in [1.807, 2.05) is 78.9 Å². The molecule has 0 amide bonds. The monoisotopic (exact) mass is 423 g/mol. The molecule has 0 spiro atoms. The van der Waals surface area contributed by atoms with Crippen LogP contribution < -0.4 is 5.32 Å². The summed E-state index contributed by atoms with van der Waals surface area (Å²) in [7, 11) is 0. The van der Waals surface area contributed by atoms with E-state index in [2.05, 4.69) is 15.5 Å². The zero-order chi connectivity index (χ0) is 20.1. The SMILES string of the molecule is Clc1ccc(CCN[C@H](c2cccc(Cl)c2)c2nnc(-c3ccccc3)o2)cc1. The average molecular weight is 424 g/mol. The molecule has 0 unspecified atom stereocenters. The van der Waals surface area contributed by atoms with Crippen LogP contribution in [0.3, 0.4) is 0 Å². The molecule has 0 radical (unpaired) electrons. The van der Waals surface area contributed by atoms with Gasteiger partial charge in [0.05, 0.1) is 0 Å². The third kappa shape index (κ3) is 5.04. The van der Waals surface area contributed by atoms with E-state index in [1.54, 1.807) is 0 Å². The largest absolute Gasteiger partial charge is 0.419 e. The van der Waals surface area contributed by atoms with Crippen LogP contribution in [0.2, 0.25) is 10.0 Å². The Labute approximate surface area is 179 Å². The molecular weight excluding hydrogens is 405 g/mol. The van der Waals surface area contributed by atoms with Crippen molar-refractivity contribution < 1.29 is 4.42 Å². The van der Waals surface area contributed by atoms with Crippen LogP contribution in [-0.4, -0.2) is 16.7 Å². The molecule has 0 saturated carbocycles. The van der Waals surface area contributed by atoms with Crippen LogP contribution in [-0.2, 0) is 6.42 Å². The van der Waals surface area contributed by atoms with Gasteiger partial charge < -0.3 is 9.73 Å². The predicted molar refractivity (Wildman–Crippen MR) is 116 cm³/mol. The fraction of sp³-hybridized carbons (Fsp3) is 0.130. The number of aromatic nitrogens is 2. The Balaban J connectivity index is 1.55. The fourth-order valence-corrected chi connectivity index (χ4v) is 3.42. The van der Waals surface area contributed by atoms with Crippen molar-refractivity contribution in [1.82, 2.24) is 15.5 Å². The van der Waals surface area contributed by atoms with Crippen molar-refractivity contribution in [2.75, 3.05) is 6.54 Å². The Morgan fingerprint density at radius 3 is 2.38 bits per heavy atom. The normalized spacial score (nSPS) is 12.1. The summed E-state index contributed by atoms with van der Waals surface area (Å²) in [6.07, 6.45) is 0.841. The molecule has 4 aromatic rings.